The molecule has 0 atom stereocenters. The highest BCUT2D eigenvalue weighted by molar-refractivity contribution is 6.33. The van der Waals surface area contributed by atoms with Crippen LogP contribution in [0.4, 0.5) is 0 Å². The summed E-state index contributed by atoms with van der Waals surface area (Å²) in [7, 11) is 0. The SMILES string of the molecule is Clc1cc(Cl)n2nc(Cl)cc2n1. The highest BCUT2D eigenvalue weighted by Gasteiger charge is 2.04. The fourth-order valence-electron chi connectivity index (χ4n) is 0.881. The van der Waals surface area contributed by atoms with Gasteiger partial charge in [0.05, 0.1) is 0 Å². The van der Waals surface area contributed by atoms with E-state index in [2.05, 4.69) is 10.1 Å². The van der Waals surface area contributed by atoms with E-state index in [9.17, 15) is 0 Å². The van der Waals surface area contributed by atoms with Crippen LogP contribution < -0.4 is 0 Å². The van der Waals surface area contributed by atoms with Gasteiger partial charge in [-0.2, -0.15) is 5.10 Å². The third-order valence-corrected chi connectivity index (χ3v) is 1.97. The van der Waals surface area contributed by atoms with E-state index in [4.69, 9.17) is 34.8 Å². The van der Waals surface area contributed by atoms with Crippen LogP contribution in [0.1, 0.15) is 0 Å². The van der Waals surface area contributed by atoms with E-state index in [1.54, 1.807) is 6.07 Å². The zero-order chi connectivity index (χ0) is 8.72. The Morgan fingerprint density at radius 3 is 2.58 bits per heavy atom. The van der Waals surface area contributed by atoms with E-state index in [0.29, 0.717) is 21.1 Å². The number of rotatable bonds is 0. The Morgan fingerprint density at radius 1 is 1.08 bits per heavy atom. The first-order chi connectivity index (χ1) is 5.66. The Bertz CT molecular complexity index is 437. The van der Waals surface area contributed by atoms with E-state index in [1.165, 1.54) is 10.6 Å². The van der Waals surface area contributed by atoms with Crippen LogP contribution in [0.5, 0.6) is 0 Å². The summed E-state index contributed by atoms with van der Waals surface area (Å²) < 4.78 is 1.41. The van der Waals surface area contributed by atoms with Crippen molar-refractivity contribution in [1.29, 1.82) is 0 Å². The number of aromatic nitrogens is 3. The molecule has 2 aromatic heterocycles. The summed E-state index contributed by atoms with van der Waals surface area (Å²) >= 11 is 17.1. The Balaban J connectivity index is 2.88. The topological polar surface area (TPSA) is 30.2 Å². The number of fused-ring (bicyclic) bond motifs is 1. The van der Waals surface area contributed by atoms with E-state index in [0.717, 1.165) is 0 Å². The average molecular weight is 222 g/mol. The molecule has 0 N–H and O–H groups in total. The van der Waals surface area contributed by atoms with Crippen molar-refractivity contribution in [3.63, 3.8) is 0 Å². The summed E-state index contributed by atoms with van der Waals surface area (Å²) in [6, 6.07) is 3.08. The lowest BCUT2D eigenvalue weighted by molar-refractivity contribution is 0.941. The molecular weight excluding hydrogens is 220 g/mol. The lowest BCUT2D eigenvalue weighted by Crippen LogP contribution is -1.91. The first kappa shape index (κ1) is 8.10. The number of hydrogen-bond acceptors (Lipinski definition) is 2. The summed E-state index contributed by atoms with van der Waals surface area (Å²) in [4.78, 5) is 3.95. The van der Waals surface area contributed by atoms with Crippen LogP contribution >= 0.6 is 34.8 Å². The minimum Gasteiger partial charge on any atom is -0.217 e. The van der Waals surface area contributed by atoms with Crippen molar-refractivity contribution in [3.05, 3.63) is 27.6 Å². The predicted molar refractivity (Wildman–Crippen MR) is 48.0 cm³/mol. The molecule has 0 bridgehead atoms. The van der Waals surface area contributed by atoms with Gasteiger partial charge in [0.25, 0.3) is 0 Å². The lowest BCUT2D eigenvalue weighted by atomic mass is 10.6. The summed E-state index contributed by atoms with van der Waals surface area (Å²) in [5.41, 5.74) is 0.539. The van der Waals surface area contributed by atoms with Gasteiger partial charge in [-0.1, -0.05) is 34.8 Å². The molecule has 2 rings (SSSR count). The second-order valence-electron chi connectivity index (χ2n) is 2.14. The second kappa shape index (κ2) is 2.76. The van der Waals surface area contributed by atoms with E-state index in [-0.39, 0.29) is 0 Å². The molecule has 0 fully saturated rings. The van der Waals surface area contributed by atoms with Gasteiger partial charge in [0, 0.05) is 12.1 Å². The molecule has 2 heterocycles. The van der Waals surface area contributed by atoms with Crippen LogP contribution in [-0.4, -0.2) is 14.6 Å². The molecule has 3 nitrogen and oxygen atoms in total. The predicted octanol–water partition coefficient (Wildman–Crippen LogP) is 2.69. The minimum absolute atomic E-state index is 0.323. The van der Waals surface area contributed by atoms with Gasteiger partial charge >= 0.3 is 0 Å². The molecule has 0 saturated carbocycles. The summed E-state index contributed by atoms with van der Waals surface area (Å²) in [5, 5.41) is 4.93. The quantitative estimate of drug-likeness (QED) is 0.642. The average Bonchev–Trinajstić information content (AvgIpc) is 2.29. The van der Waals surface area contributed by atoms with Crippen LogP contribution in [0.25, 0.3) is 5.65 Å². The van der Waals surface area contributed by atoms with Gasteiger partial charge in [0.1, 0.15) is 10.3 Å². The third kappa shape index (κ3) is 1.24. The zero-order valence-electron chi connectivity index (χ0n) is 5.63. The fourth-order valence-corrected chi connectivity index (χ4v) is 1.53. The Hall–Kier alpha value is -0.510. The van der Waals surface area contributed by atoms with Gasteiger partial charge in [-0.15, -0.1) is 0 Å². The van der Waals surface area contributed by atoms with Gasteiger partial charge < -0.3 is 0 Å². The second-order valence-corrected chi connectivity index (χ2v) is 3.30. The van der Waals surface area contributed by atoms with E-state index >= 15 is 0 Å². The monoisotopic (exact) mass is 221 g/mol. The molecule has 6 heteroatoms. The molecule has 2 aromatic rings. The van der Waals surface area contributed by atoms with E-state index in [1.807, 2.05) is 0 Å². The standard InChI is InChI=1S/C6H2Cl3N3/c7-3-1-5(9)12-6(10-3)2-4(8)11-12/h1-2H. The Morgan fingerprint density at radius 2 is 1.83 bits per heavy atom. The maximum absolute atomic E-state index is 5.79. The smallest absolute Gasteiger partial charge is 0.159 e. The van der Waals surface area contributed by atoms with Crippen LogP contribution in [0.3, 0.4) is 0 Å². The summed E-state index contributed by atoms with van der Waals surface area (Å²) in [5.74, 6) is 0. The summed E-state index contributed by atoms with van der Waals surface area (Å²) in [6.45, 7) is 0. The van der Waals surface area contributed by atoms with Crippen molar-refractivity contribution >= 4 is 40.4 Å². The Labute approximate surface area is 82.9 Å². The van der Waals surface area contributed by atoms with Gasteiger partial charge in [0.15, 0.2) is 10.8 Å². The molecule has 12 heavy (non-hydrogen) atoms. The molecule has 0 saturated heterocycles. The van der Waals surface area contributed by atoms with Gasteiger partial charge in [-0.05, 0) is 0 Å². The van der Waals surface area contributed by atoms with E-state index < -0.39 is 0 Å². The van der Waals surface area contributed by atoms with Crippen molar-refractivity contribution in [2.45, 2.75) is 0 Å². The Kier molecular flexibility index (Phi) is 1.87. The van der Waals surface area contributed by atoms with Crippen LogP contribution in [-0.2, 0) is 0 Å². The molecule has 0 unspecified atom stereocenters. The van der Waals surface area contributed by atoms with Gasteiger partial charge in [-0.25, -0.2) is 9.50 Å². The molecule has 0 aromatic carbocycles. The minimum atomic E-state index is 0.323. The fraction of sp³-hybridized carbons (Fsp3) is 0. The highest BCUT2D eigenvalue weighted by Crippen LogP contribution is 2.18. The first-order valence-electron chi connectivity index (χ1n) is 3.04. The van der Waals surface area contributed by atoms with Gasteiger partial charge in [-0.3, -0.25) is 0 Å². The highest BCUT2D eigenvalue weighted by atomic mass is 35.5. The molecule has 0 amide bonds. The normalized spacial score (nSPS) is 10.9. The van der Waals surface area contributed by atoms with Gasteiger partial charge in [0.2, 0.25) is 0 Å². The summed E-state index contributed by atoms with van der Waals surface area (Å²) in [6.07, 6.45) is 0. The van der Waals surface area contributed by atoms with Crippen molar-refractivity contribution in [1.82, 2.24) is 14.6 Å². The number of nitrogens with zero attached hydrogens (tertiary/aromatic N) is 3. The molecule has 0 spiro atoms. The largest absolute Gasteiger partial charge is 0.217 e. The van der Waals surface area contributed by atoms with Crippen molar-refractivity contribution in [2.75, 3.05) is 0 Å². The maximum Gasteiger partial charge on any atom is 0.159 e. The van der Waals surface area contributed by atoms with Crippen molar-refractivity contribution in [2.24, 2.45) is 0 Å². The van der Waals surface area contributed by atoms with Crippen LogP contribution in [0, 0.1) is 0 Å². The van der Waals surface area contributed by atoms with Crippen LogP contribution in [0.2, 0.25) is 15.5 Å². The molecule has 0 radical (unpaired) electrons. The van der Waals surface area contributed by atoms with Crippen molar-refractivity contribution in [3.8, 4) is 0 Å². The molecule has 0 aliphatic heterocycles. The lowest BCUT2D eigenvalue weighted by Gasteiger charge is -1.95. The molecule has 0 aliphatic rings. The van der Waals surface area contributed by atoms with Crippen LogP contribution in [0.15, 0.2) is 12.1 Å². The molecular formula is C6H2Cl3N3. The third-order valence-electron chi connectivity index (χ3n) is 1.32. The molecule has 0 aliphatic carbocycles. The zero-order valence-corrected chi connectivity index (χ0v) is 7.90. The number of hydrogen-bond donors (Lipinski definition) is 0. The first-order valence-corrected chi connectivity index (χ1v) is 4.17. The number of halogens is 3. The van der Waals surface area contributed by atoms with Crippen molar-refractivity contribution < 1.29 is 0 Å². The molecule has 62 valence electrons. The maximum atomic E-state index is 5.79.